The van der Waals surface area contributed by atoms with Crippen LogP contribution in [0.3, 0.4) is 0 Å². The second-order valence-electron chi connectivity index (χ2n) is 5.01. The fraction of sp³-hybridized carbons (Fsp3) is 0.867. The molecule has 0 amide bonds. The molecular formula is C15H28O5. The van der Waals surface area contributed by atoms with Crippen LogP contribution in [0, 0.1) is 0 Å². The molecule has 0 atom stereocenters. The van der Waals surface area contributed by atoms with Gasteiger partial charge in [-0.25, -0.2) is 4.79 Å². The van der Waals surface area contributed by atoms with Crippen molar-refractivity contribution < 1.29 is 24.5 Å². The van der Waals surface area contributed by atoms with E-state index in [-0.39, 0.29) is 12.8 Å². The minimum atomic E-state index is -0.815. The van der Waals surface area contributed by atoms with Crippen LogP contribution in [-0.2, 0) is 19.2 Å². The molecule has 5 nitrogen and oxygen atoms in total. The first-order chi connectivity index (χ1) is 9.70. The van der Waals surface area contributed by atoms with Gasteiger partial charge in [0, 0.05) is 0 Å². The molecule has 0 aromatic heterocycles. The second-order valence-corrected chi connectivity index (χ2v) is 5.01. The van der Waals surface area contributed by atoms with Crippen molar-refractivity contribution in [2.75, 3.05) is 6.61 Å². The Morgan fingerprint density at radius 2 is 1.30 bits per heavy atom. The van der Waals surface area contributed by atoms with Crippen molar-refractivity contribution in [2.45, 2.75) is 77.6 Å². The molecule has 5 heteroatoms. The lowest BCUT2D eigenvalue weighted by Gasteiger charge is -2.04. The van der Waals surface area contributed by atoms with Gasteiger partial charge in [0.25, 0.3) is 0 Å². The molecule has 0 aromatic rings. The Labute approximate surface area is 121 Å². The van der Waals surface area contributed by atoms with Gasteiger partial charge in [-0.3, -0.25) is 4.79 Å². The lowest BCUT2D eigenvalue weighted by molar-refractivity contribution is -0.234. The van der Waals surface area contributed by atoms with Gasteiger partial charge < -0.3 is 9.62 Å². The van der Waals surface area contributed by atoms with Gasteiger partial charge in [-0.2, -0.15) is 5.26 Å². The first-order valence-electron chi connectivity index (χ1n) is 7.70. The summed E-state index contributed by atoms with van der Waals surface area (Å²) in [7, 11) is 0. The lowest BCUT2D eigenvalue weighted by atomic mass is 10.1. The van der Waals surface area contributed by atoms with Crippen molar-refractivity contribution in [1.82, 2.24) is 0 Å². The van der Waals surface area contributed by atoms with Crippen LogP contribution in [0.1, 0.15) is 77.6 Å². The van der Waals surface area contributed by atoms with Crippen molar-refractivity contribution in [1.29, 1.82) is 0 Å². The zero-order chi connectivity index (χ0) is 15.1. The standard InChI is InChI=1S/C15H28O5/c1-2-3-4-5-6-7-8-9-10-13-19-14(16)11-12-15(17)20-18/h18H,2-13H2,1H3. The Hall–Kier alpha value is -1.10. The number of esters is 1. The SMILES string of the molecule is CCCCCCCCCCCOC(=O)CCC(=O)OO. The van der Waals surface area contributed by atoms with E-state index in [2.05, 4.69) is 11.8 Å². The van der Waals surface area contributed by atoms with E-state index in [0.29, 0.717) is 6.61 Å². The number of ether oxygens (including phenoxy) is 1. The number of hydrogen-bond donors (Lipinski definition) is 1. The second kappa shape index (κ2) is 14.3. The molecule has 0 unspecified atom stereocenters. The van der Waals surface area contributed by atoms with E-state index in [1.54, 1.807) is 0 Å². The van der Waals surface area contributed by atoms with Crippen LogP contribution in [0.15, 0.2) is 0 Å². The van der Waals surface area contributed by atoms with Crippen LogP contribution in [0.4, 0.5) is 0 Å². The van der Waals surface area contributed by atoms with Gasteiger partial charge in [-0.1, -0.05) is 58.3 Å². The zero-order valence-corrected chi connectivity index (χ0v) is 12.6. The molecular weight excluding hydrogens is 260 g/mol. The normalized spacial score (nSPS) is 10.3. The van der Waals surface area contributed by atoms with Crippen LogP contribution < -0.4 is 0 Å². The highest BCUT2D eigenvalue weighted by Gasteiger charge is 2.08. The predicted molar refractivity (Wildman–Crippen MR) is 76.1 cm³/mol. The summed E-state index contributed by atoms with van der Waals surface area (Å²) >= 11 is 0. The number of hydrogen-bond acceptors (Lipinski definition) is 5. The summed E-state index contributed by atoms with van der Waals surface area (Å²) in [4.78, 5) is 25.2. The summed E-state index contributed by atoms with van der Waals surface area (Å²) in [5.74, 6) is -1.24. The maximum absolute atomic E-state index is 11.2. The van der Waals surface area contributed by atoms with Gasteiger partial charge in [0.05, 0.1) is 19.4 Å². The van der Waals surface area contributed by atoms with Gasteiger partial charge in [-0.05, 0) is 6.42 Å². The number of carbonyl (C=O) groups is 2. The predicted octanol–water partition coefficient (Wildman–Crippen LogP) is 3.86. The average Bonchev–Trinajstić information content (AvgIpc) is 2.46. The first kappa shape index (κ1) is 18.9. The summed E-state index contributed by atoms with van der Waals surface area (Å²) in [6.45, 7) is 2.62. The lowest BCUT2D eigenvalue weighted by Crippen LogP contribution is -2.09. The number of carbonyl (C=O) groups excluding carboxylic acids is 2. The van der Waals surface area contributed by atoms with Crippen LogP contribution in [-0.4, -0.2) is 23.8 Å². The highest BCUT2D eigenvalue weighted by atomic mass is 17.1. The van der Waals surface area contributed by atoms with Gasteiger partial charge in [-0.15, -0.1) is 0 Å². The molecule has 118 valence electrons. The maximum Gasteiger partial charge on any atom is 0.342 e. The monoisotopic (exact) mass is 288 g/mol. The third-order valence-corrected chi connectivity index (χ3v) is 3.15. The molecule has 0 aliphatic rings. The molecule has 0 rings (SSSR count). The highest BCUT2D eigenvalue weighted by Crippen LogP contribution is 2.09. The van der Waals surface area contributed by atoms with Crippen molar-refractivity contribution in [2.24, 2.45) is 0 Å². The van der Waals surface area contributed by atoms with Gasteiger partial charge >= 0.3 is 11.9 Å². The molecule has 0 heterocycles. The Balaban J connectivity index is 3.19. The molecule has 0 bridgehead atoms. The van der Waals surface area contributed by atoms with Crippen LogP contribution >= 0.6 is 0 Å². The molecule has 0 aromatic carbocycles. The summed E-state index contributed by atoms with van der Waals surface area (Å²) in [5.41, 5.74) is 0. The van der Waals surface area contributed by atoms with E-state index in [4.69, 9.17) is 9.99 Å². The van der Waals surface area contributed by atoms with E-state index in [0.717, 1.165) is 12.8 Å². The van der Waals surface area contributed by atoms with Crippen LogP contribution in [0.2, 0.25) is 0 Å². The first-order valence-corrected chi connectivity index (χ1v) is 7.70. The van der Waals surface area contributed by atoms with E-state index in [1.165, 1.54) is 44.9 Å². The number of rotatable bonds is 13. The maximum atomic E-state index is 11.2. The quantitative estimate of drug-likeness (QED) is 0.241. The summed E-state index contributed by atoms with van der Waals surface area (Å²) < 4.78 is 4.97. The third-order valence-electron chi connectivity index (χ3n) is 3.15. The molecule has 20 heavy (non-hydrogen) atoms. The van der Waals surface area contributed by atoms with Crippen molar-refractivity contribution in [3.8, 4) is 0 Å². The fourth-order valence-corrected chi connectivity index (χ4v) is 1.92. The Bertz CT molecular complexity index is 253. The minimum Gasteiger partial charge on any atom is -0.466 e. The van der Waals surface area contributed by atoms with E-state index >= 15 is 0 Å². The van der Waals surface area contributed by atoms with Crippen LogP contribution in [0.25, 0.3) is 0 Å². The van der Waals surface area contributed by atoms with E-state index < -0.39 is 11.9 Å². The molecule has 0 aliphatic carbocycles. The smallest absolute Gasteiger partial charge is 0.342 e. The third kappa shape index (κ3) is 13.3. The number of unbranched alkanes of at least 4 members (excludes halogenated alkanes) is 8. The van der Waals surface area contributed by atoms with Crippen molar-refractivity contribution >= 4 is 11.9 Å². The van der Waals surface area contributed by atoms with Crippen LogP contribution in [0.5, 0.6) is 0 Å². The fourth-order valence-electron chi connectivity index (χ4n) is 1.92. The topological polar surface area (TPSA) is 72.8 Å². The van der Waals surface area contributed by atoms with Gasteiger partial charge in [0.2, 0.25) is 0 Å². The highest BCUT2D eigenvalue weighted by molar-refractivity contribution is 5.77. The minimum absolute atomic E-state index is 0.0448. The Morgan fingerprint density at radius 1 is 0.800 bits per heavy atom. The molecule has 0 radical (unpaired) electrons. The largest absolute Gasteiger partial charge is 0.466 e. The van der Waals surface area contributed by atoms with E-state index in [1.807, 2.05) is 0 Å². The summed E-state index contributed by atoms with van der Waals surface area (Å²) in [6, 6.07) is 0. The summed E-state index contributed by atoms with van der Waals surface area (Å²) in [5, 5.41) is 8.01. The average molecular weight is 288 g/mol. The molecule has 0 aliphatic heterocycles. The van der Waals surface area contributed by atoms with Crippen molar-refractivity contribution in [3.63, 3.8) is 0 Å². The van der Waals surface area contributed by atoms with E-state index in [9.17, 15) is 9.59 Å². The molecule has 0 fully saturated rings. The summed E-state index contributed by atoms with van der Waals surface area (Å²) in [6.07, 6.45) is 10.7. The van der Waals surface area contributed by atoms with Gasteiger partial charge in [0.15, 0.2) is 0 Å². The molecule has 1 N–H and O–H groups in total. The Morgan fingerprint density at radius 3 is 1.85 bits per heavy atom. The molecule has 0 spiro atoms. The molecule has 0 saturated carbocycles. The molecule has 0 saturated heterocycles. The van der Waals surface area contributed by atoms with Gasteiger partial charge in [0.1, 0.15) is 0 Å². The van der Waals surface area contributed by atoms with Crippen molar-refractivity contribution in [3.05, 3.63) is 0 Å². The zero-order valence-electron chi connectivity index (χ0n) is 12.6. The Kier molecular flexibility index (Phi) is 13.5.